The summed E-state index contributed by atoms with van der Waals surface area (Å²) in [5.74, 6) is 0.380. The third kappa shape index (κ3) is 9.17. The quantitative estimate of drug-likeness (QED) is 0.527. The lowest BCUT2D eigenvalue weighted by Crippen LogP contribution is -2.06. The average Bonchev–Trinajstić information content (AvgIpc) is 1.38. The van der Waals surface area contributed by atoms with E-state index in [0.717, 1.165) is 0 Å². The Morgan fingerprint density at radius 1 is 1.50 bits per heavy atom. The summed E-state index contributed by atoms with van der Waals surface area (Å²) in [7, 11) is 0. The lowest BCUT2D eigenvalue weighted by Gasteiger charge is -1.78. The van der Waals surface area contributed by atoms with E-state index in [2.05, 4.69) is 0 Å². The summed E-state index contributed by atoms with van der Waals surface area (Å²) in [5.41, 5.74) is 9.86. The second kappa shape index (κ2) is 4.82. The smallest absolute Gasteiger partial charge is 0.0889 e. The second-order valence-electron chi connectivity index (χ2n) is 0.789. The highest BCUT2D eigenvalue weighted by Gasteiger charge is 1.59. The van der Waals surface area contributed by atoms with E-state index in [4.69, 9.17) is 11.5 Å². The van der Waals surface area contributed by atoms with E-state index in [1.165, 1.54) is 0 Å². The van der Waals surface area contributed by atoms with Crippen LogP contribution in [0.15, 0.2) is 11.9 Å². The summed E-state index contributed by atoms with van der Waals surface area (Å²) >= 11 is 0. The Kier molecular flexibility index (Phi) is 7.44. The first-order valence-electron chi connectivity index (χ1n) is 1.44. The lowest BCUT2D eigenvalue weighted by atomic mass is 10.6. The van der Waals surface area contributed by atoms with E-state index in [-0.39, 0.29) is 17.0 Å². The van der Waals surface area contributed by atoms with Crippen LogP contribution in [-0.4, -0.2) is 0 Å². The van der Waals surface area contributed by atoms with Gasteiger partial charge in [-0.05, 0) is 13.0 Å². The molecule has 0 rings (SSSR count). The topological polar surface area (TPSA) is 52.0 Å². The number of allylic oxidation sites excluding steroid dienone is 1. The lowest BCUT2D eigenvalue weighted by molar-refractivity contribution is 1.23. The minimum atomic E-state index is 0. The fraction of sp³-hybridized carbons (Fsp3) is 0.333. The first kappa shape index (κ1) is 9.27. The van der Waals surface area contributed by atoms with Gasteiger partial charge in [-0.15, -0.1) is 17.0 Å². The molecule has 0 aromatic carbocycles. The van der Waals surface area contributed by atoms with Crippen molar-refractivity contribution >= 4 is 17.0 Å². The Morgan fingerprint density at radius 2 is 1.67 bits per heavy atom. The Bertz CT molecular complexity index is 46.8. The van der Waals surface area contributed by atoms with Crippen LogP contribution in [0.2, 0.25) is 0 Å². The molecule has 0 aromatic heterocycles. The minimum Gasteiger partial charge on any atom is -0.386 e. The van der Waals surface area contributed by atoms with Gasteiger partial charge in [0.15, 0.2) is 0 Å². The van der Waals surface area contributed by atoms with E-state index >= 15 is 0 Å². The van der Waals surface area contributed by atoms with Gasteiger partial charge in [-0.2, -0.15) is 0 Å². The molecular formula is C3H9BrN2. The van der Waals surface area contributed by atoms with Crippen molar-refractivity contribution in [3.63, 3.8) is 0 Å². The van der Waals surface area contributed by atoms with Crippen LogP contribution >= 0.6 is 17.0 Å². The predicted octanol–water partition coefficient (Wildman–Crippen LogP) is 0.343. The molecule has 0 heterocycles. The zero-order valence-electron chi connectivity index (χ0n) is 3.64. The first-order valence-corrected chi connectivity index (χ1v) is 1.44. The molecule has 0 saturated carbocycles. The molecule has 0 aliphatic heterocycles. The standard InChI is InChI=1S/C3H8N2.BrH/c1-2-3(4)5;/h2H,4-5H2,1H3;1H. The van der Waals surface area contributed by atoms with Crippen molar-refractivity contribution in [3.8, 4) is 0 Å². The van der Waals surface area contributed by atoms with Gasteiger partial charge >= 0.3 is 0 Å². The minimum absolute atomic E-state index is 0. The largest absolute Gasteiger partial charge is 0.386 e. The monoisotopic (exact) mass is 152 g/mol. The van der Waals surface area contributed by atoms with Crippen molar-refractivity contribution in [2.24, 2.45) is 11.5 Å². The Morgan fingerprint density at radius 3 is 1.67 bits per heavy atom. The van der Waals surface area contributed by atoms with Crippen LogP contribution in [0, 0.1) is 0 Å². The maximum atomic E-state index is 4.93. The molecule has 0 aliphatic carbocycles. The molecule has 0 aromatic rings. The van der Waals surface area contributed by atoms with Gasteiger partial charge < -0.3 is 11.5 Å². The van der Waals surface area contributed by atoms with Crippen LogP contribution in [0.5, 0.6) is 0 Å². The second-order valence-corrected chi connectivity index (χ2v) is 0.789. The maximum Gasteiger partial charge on any atom is 0.0889 e. The molecule has 0 unspecified atom stereocenters. The molecule has 38 valence electrons. The molecule has 0 saturated heterocycles. The molecule has 0 spiro atoms. The summed E-state index contributed by atoms with van der Waals surface area (Å²) in [5, 5.41) is 0. The Hall–Kier alpha value is -0.180. The number of hydrogen-bond acceptors (Lipinski definition) is 2. The molecule has 2 nitrogen and oxygen atoms in total. The number of nitrogens with two attached hydrogens (primary N) is 2. The summed E-state index contributed by atoms with van der Waals surface area (Å²) in [4.78, 5) is 0. The van der Waals surface area contributed by atoms with Crippen molar-refractivity contribution in [1.29, 1.82) is 0 Å². The number of halogens is 1. The molecule has 0 aliphatic rings. The fourth-order valence-electron chi connectivity index (χ4n) is 0. The molecule has 3 heteroatoms. The molecule has 6 heavy (non-hydrogen) atoms. The molecular weight excluding hydrogens is 144 g/mol. The highest BCUT2D eigenvalue weighted by Crippen LogP contribution is 1.59. The van der Waals surface area contributed by atoms with Gasteiger partial charge in [-0.3, -0.25) is 0 Å². The van der Waals surface area contributed by atoms with Crippen LogP contribution in [0.3, 0.4) is 0 Å². The summed E-state index contributed by atoms with van der Waals surface area (Å²) in [6.45, 7) is 1.79. The van der Waals surface area contributed by atoms with Gasteiger partial charge in [0.25, 0.3) is 0 Å². The first-order chi connectivity index (χ1) is 2.27. The van der Waals surface area contributed by atoms with E-state index in [9.17, 15) is 0 Å². The fourth-order valence-corrected chi connectivity index (χ4v) is 0. The van der Waals surface area contributed by atoms with Crippen molar-refractivity contribution < 1.29 is 0 Å². The van der Waals surface area contributed by atoms with Crippen molar-refractivity contribution in [2.45, 2.75) is 6.92 Å². The number of hydrogen-bond donors (Lipinski definition) is 2. The SMILES string of the molecule is Br.CC=C(N)N. The molecule has 0 radical (unpaired) electrons. The van der Waals surface area contributed by atoms with Crippen molar-refractivity contribution in [3.05, 3.63) is 11.9 Å². The zero-order valence-corrected chi connectivity index (χ0v) is 5.35. The molecule has 0 amide bonds. The third-order valence-corrected chi connectivity index (χ3v) is 0.333. The van der Waals surface area contributed by atoms with Crippen molar-refractivity contribution in [2.75, 3.05) is 0 Å². The third-order valence-electron chi connectivity index (χ3n) is 0.333. The normalized spacial score (nSPS) is 5.50. The van der Waals surface area contributed by atoms with Crippen LogP contribution in [0.1, 0.15) is 6.92 Å². The van der Waals surface area contributed by atoms with Crippen molar-refractivity contribution in [1.82, 2.24) is 0 Å². The summed E-state index contributed by atoms with van der Waals surface area (Å²) < 4.78 is 0. The Labute approximate surface area is 48.0 Å². The molecule has 0 bridgehead atoms. The number of rotatable bonds is 0. The highest BCUT2D eigenvalue weighted by atomic mass is 79.9. The highest BCUT2D eigenvalue weighted by molar-refractivity contribution is 8.93. The summed E-state index contributed by atoms with van der Waals surface area (Å²) in [6.07, 6.45) is 1.64. The molecule has 4 N–H and O–H groups in total. The molecule has 0 atom stereocenters. The van der Waals surface area contributed by atoms with E-state index in [0.29, 0.717) is 5.82 Å². The van der Waals surface area contributed by atoms with Gasteiger partial charge in [0.05, 0.1) is 5.82 Å². The summed E-state index contributed by atoms with van der Waals surface area (Å²) in [6, 6.07) is 0. The van der Waals surface area contributed by atoms with Gasteiger partial charge in [0.2, 0.25) is 0 Å². The van der Waals surface area contributed by atoms with Crippen LogP contribution in [-0.2, 0) is 0 Å². The zero-order chi connectivity index (χ0) is 4.28. The maximum absolute atomic E-state index is 4.93. The van der Waals surface area contributed by atoms with Crippen LogP contribution in [0.4, 0.5) is 0 Å². The average molecular weight is 153 g/mol. The van der Waals surface area contributed by atoms with E-state index < -0.39 is 0 Å². The van der Waals surface area contributed by atoms with Gasteiger partial charge in [0.1, 0.15) is 0 Å². The van der Waals surface area contributed by atoms with Gasteiger partial charge in [-0.25, -0.2) is 0 Å². The van der Waals surface area contributed by atoms with E-state index in [1.807, 2.05) is 0 Å². The Balaban J connectivity index is 0. The molecule has 0 fully saturated rings. The van der Waals surface area contributed by atoms with E-state index in [1.54, 1.807) is 13.0 Å². The van der Waals surface area contributed by atoms with Gasteiger partial charge in [-0.1, -0.05) is 0 Å². The van der Waals surface area contributed by atoms with Gasteiger partial charge in [0, 0.05) is 0 Å². The van der Waals surface area contributed by atoms with Crippen LogP contribution in [0.25, 0.3) is 0 Å². The van der Waals surface area contributed by atoms with Crippen LogP contribution < -0.4 is 11.5 Å². The predicted molar refractivity (Wildman–Crippen MR) is 32.5 cm³/mol.